The van der Waals surface area contributed by atoms with Gasteiger partial charge in [0.15, 0.2) is 9.84 Å². The van der Waals surface area contributed by atoms with Gasteiger partial charge in [-0.2, -0.15) is 0 Å². The first-order valence-corrected chi connectivity index (χ1v) is 10.0. The first kappa shape index (κ1) is 17.0. The van der Waals surface area contributed by atoms with E-state index in [4.69, 9.17) is 4.74 Å². The van der Waals surface area contributed by atoms with Crippen molar-refractivity contribution < 1.29 is 13.2 Å². The Morgan fingerprint density at radius 2 is 1.75 bits per heavy atom. The van der Waals surface area contributed by atoms with Gasteiger partial charge in [-0.25, -0.2) is 8.42 Å². The summed E-state index contributed by atoms with van der Waals surface area (Å²) in [5.74, 6) is 0.598. The SMILES string of the molecule is CN(CCOc1cccc(S(C)(=O)=O)c1)C1Cc2ccccc2C1. The van der Waals surface area contributed by atoms with E-state index in [0.29, 0.717) is 23.3 Å². The first-order valence-electron chi connectivity index (χ1n) is 8.13. The molecule has 4 nitrogen and oxygen atoms in total. The van der Waals surface area contributed by atoms with Crippen LogP contribution in [0, 0.1) is 0 Å². The maximum absolute atomic E-state index is 11.6. The molecular formula is C19H23NO3S. The summed E-state index contributed by atoms with van der Waals surface area (Å²) in [7, 11) is -1.08. The molecule has 0 spiro atoms. The molecule has 1 aliphatic carbocycles. The minimum absolute atomic E-state index is 0.291. The maximum atomic E-state index is 11.6. The number of fused-ring (bicyclic) bond motifs is 1. The van der Waals surface area contributed by atoms with Crippen molar-refractivity contribution >= 4 is 9.84 Å². The quantitative estimate of drug-likeness (QED) is 0.807. The molecule has 0 saturated carbocycles. The van der Waals surface area contributed by atoms with Crippen LogP contribution in [0.25, 0.3) is 0 Å². The van der Waals surface area contributed by atoms with Crippen molar-refractivity contribution in [3.63, 3.8) is 0 Å². The fourth-order valence-electron chi connectivity index (χ4n) is 3.13. The van der Waals surface area contributed by atoms with Gasteiger partial charge in [-0.05, 0) is 49.2 Å². The first-order chi connectivity index (χ1) is 11.4. The number of hydrogen-bond donors (Lipinski definition) is 0. The number of hydrogen-bond acceptors (Lipinski definition) is 4. The van der Waals surface area contributed by atoms with Crippen molar-refractivity contribution in [1.29, 1.82) is 0 Å². The Kier molecular flexibility index (Phi) is 4.92. The van der Waals surface area contributed by atoms with Gasteiger partial charge in [0.2, 0.25) is 0 Å². The molecular weight excluding hydrogens is 322 g/mol. The largest absolute Gasteiger partial charge is 0.492 e. The summed E-state index contributed by atoms with van der Waals surface area (Å²) in [6.45, 7) is 1.35. The number of nitrogens with zero attached hydrogens (tertiary/aromatic N) is 1. The van der Waals surface area contributed by atoms with E-state index >= 15 is 0 Å². The summed E-state index contributed by atoms with van der Waals surface area (Å²) in [5, 5.41) is 0. The van der Waals surface area contributed by atoms with Crippen molar-refractivity contribution in [3.05, 3.63) is 59.7 Å². The fourth-order valence-corrected chi connectivity index (χ4v) is 3.79. The highest BCUT2D eigenvalue weighted by Crippen LogP contribution is 2.24. The summed E-state index contributed by atoms with van der Waals surface area (Å²) in [4.78, 5) is 2.61. The zero-order valence-corrected chi connectivity index (χ0v) is 14.9. The average molecular weight is 345 g/mol. The molecule has 0 unspecified atom stereocenters. The van der Waals surface area contributed by atoms with Crippen molar-refractivity contribution in [2.24, 2.45) is 0 Å². The minimum atomic E-state index is -3.20. The van der Waals surface area contributed by atoms with E-state index in [9.17, 15) is 8.42 Å². The Morgan fingerprint density at radius 3 is 2.38 bits per heavy atom. The van der Waals surface area contributed by atoms with Gasteiger partial charge in [0.1, 0.15) is 12.4 Å². The van der Waals surface area contributed by atoms with Crippen LogP contribution in [0.4, 0.5) is 0 Å². The maximum Gasteiger partial charge on any atom is 0.175 e. The van der Waals surface area contributed by atoms with Crippen LogP contribution in [0.2, 0.25) is 0 Å². The number of ether oxygens (including phenoxy) is 1. The number of sulfone groups is 1. The third-order valence-corrected chi connectivity index (χ3v) is 5.71. The van der Waals surface area contributed by atoms with E-state index in [2.05, 4.69) is 36.2 Å². The second kappa shape index (κ2) is 6.95. The average Bonchev–Trinajstić information content (AvgIpc) is 2.98. The number of rotatable bonds is 6. The lowest BCUT2D eigenvalue weighted by molar-refractivity contribution is 0.194. The second-order valence-electron chi connectivity index (χ2n) is 6.41. The molecule has 0 aliphatic heterocycles. The molecule has 0 radical (unpaired) electrons. The van der Waals surface area contributed by atoms with Gasteiger partial charge in [0.25, 0.3) is 0 Å². The zero-order valence-electron chi connectivity index (χ0n) is 14.1. The van der Waals surface area contributed by atoms with Crippen LogP contribution in [0.5, 0.6) is 5.75 Å². The third kappa shape index (κ3) is 3.97. The molecule has 0 amide bonds. The summed E-state index contributed by atoms with van der Waals surface area (Å²) >= 11 is 0. The van der Waals surface area contributed by atoms with E-state index in [1.165, 1.54) is 17.4 Å². The van der Waals surface area contributed by atoms with Crippen LogP contribution >= 0.6 is 0 Å². The molecule has 128 valence electrons. The molecule has 2 aromatic rings. The summed E-state index contributed by atoms with van der Waals surface area (Å²) in [6.07, 6.45) is 3.37. The normalized spacial score (nSPS) is 14.8. The molecule has 1 aliphatic rings. The van der Waals surface area contributed by atoms with Gasteiger partial charge in [-0.1, -0.05) is 30.3 Å². The third-order valence-electron chi connectivity index (χ3n) is 4.60. The van der Waals surface area contributed by atoms with Crippen molar-refractivity contribution in [2.45, 2.75) is 23.8 Å². The molecule has 0 bridgehead atoms. The Labute approximate surface area is 144 Å². The van der Waals surface area contributed by atoms with Crippen LogP contribution in [0.3, 0.4) is 0 Å². The zero-order chi connectivity index (χ0) is 17.2. The van der Waals surface area contributed by atoms with Crippen LogP contribution in [-0.4, -0.2) is 45.8 Å². The van der Waals surface area contributed by atoms with E-state index < -0.39 is 9.84 Å². The Bertz CT molecular complexity index is 792. The lowest BCUT2D eigenvalue weighted by Gasteiger charge is -2.24. The topological polar surface area (TPSA) is 46.6 Å². The summed E-state index contributed by atoms with van der Waals surface area (Å²) < 4.78 is 28.9. The van der Waals surface area contributed by atoms with Gasteiger partial charge in [-0.3, -0.25) is 4.90 Å². The standard InChI is InChI=1S/C19H23NO3S/c1-20(17-12-15-6-3-4-7-16(15)13-17)10-11-23-18-8-5-9-19(14-18)24(2,21)22/h3-9,14,17H,10-13H2,1-2H3. The van der Waals surface area contributed by atoms with Crippen LogP contribution < -0.4 is 4.74 Å². The summed E-state index contributed by atoms with van der Waals surface area (Å²) in [5.41, 5.74) is 2.88. The van der Waals surface area contributed by atoms with Crippen molar-refractivity contribution in [3.8, 4) is 5.75 Å². The van der Waals surface area contributed by atoms with Crippen LogP contribution in [0.15, 0.2) is 53.4 Å². The van der Waals surface area contributed by atoms with Crippen molar-refractivity contribution in [1.82, 2.24) is 4.90 Å². The molecule has 2 aromatic carbocycles. The van der Waals surface area contributed by atoms with Gasteiger partial charge < -0.3 is 4.74 Å². The molecule has 24 heavy (non-hydrogen) atoms. The Hall–Kier alpha value is -1.85. The molecule has 0 heterocycles. The Morgan fingerprint density at radius 1 is 1.08 bits per heavy atom. The summed E-state index contributed by atoms with van der Waals surface area (Å²) in [6, 6.07) is 15.8. The molecule has 0 N–H and O–H groups in total. The smallest absolute Gasteiger partial charge is 0.175 e. The van der Waals surface area contributed by atoms with E-state index in [1.54, 1.807) is 24.3 Å². The van der Waals surface area contributed by atoms with Crippen LogP contribution in [-0.2, 0) is 22.7 Å². The lowest BCUT2D eigenvalue weighted by atomic mass is 10.1. The van der Waals surface area contributed by atoms with Crippen molar-refractivity contribution in [2.75, 3.05) is 26.5 Å². The van der Waals surface area contributed by atoms with Gasteiger partial charge in [0, 0.05) is 18.8 Å². The molecule has 0 fully saturated rings. The second-order valence-corrected chi connectivity index (χ2v) is 8.42. The molecule has 3 rings (SSSR count). The molecule has 0 aromatic heterocycles. The monoisotopic (exact) mass is 345 g/mol. The Balaban J connectivity index is 1.52. The predicted octanol–water partition coefficient (Wildman–Crippen LogP) is 2.57. The molecule has 0 saturated heterocycles. The lowest BCUT2D eigenvalue weighted by Crippen LogP contribution is -2.35. The van der Waals surface area contributed by atoms with E-state index in [-0.39, 0.29) is 0 Å². The molecule has 0 atom stereocenters. The minimum Gasteiger partial charge on any atom is -0.492 e. The fraction of sp³-hybridized carbons (Fsp3) is 0.368. The van der Waals surface area contributed by atoms with Gasteiger partial charge in [0.05, 0.1) is 4.90 Å². The van der Waals surface area contributed by atoms with E-state index in [0.717, 1.165) is 19.4 Å². The highest BCUT2D eigenvalue weighted by atomic mass is 32.2. The number of likely N-dealkylation sites (N-methyl/N-ethyl adjacent to an activating group) is 1. The number of benzene rings is 2. The van der Waals surface area contributed by atoms with Crippen LogP contribution in [0.1, 0.15) is 11.1 Å². The highest BCUT2D eigenvalue weighted by Gasteiger charge is 2.24. The predicted molar refractivity (Wildman–Crippen MR) is 95.3 cm³/mol. The van der Waals surface area contributed by atoms with E-state index in [1.807, 2.05) is 0 Å². The van der Waals surface area contributed by atoms with Gasteiger partial charge in [-0.15, -0.1) is 0 Å². The van der Waals surface area contributed by atoms with Gasteiger partial charge >= 0.3 is 0 Å². The highest BCUT2D eigenvalue weighted by molar-refractivity contribution is 7.90. The molecule has 5 heteroatoms.